The first-order valence-corrected chi connectivity index (χ1v) is 13.7. The molecule has 0 heterocycles. The zero-order valence-corrected chi connectivity index (χ0v) is 20.2. The minimum atomic E-state index is -4.79. The highest BCUT2D eigenvalue weighted by Gasteiger charge is 2.21. The van der Waals surface area contributed by atoms with Crippen molar-refractivity contribution in [1.82, 2.24) is 0 Å². The maximum absolute atomic E-state index is 12.1. The van der Waals surface area contributed by atoms with Crippen LogP contribution in [-0.4, -0.2) is 53.1 Å². The summed E-state index contributed by atoms with van der Waals surface area (Å²) in [7, 11) is -12.0. The number of hydrogen-bond acceptors (Lipinski definition) is 7. The molecule has 0 aliphatic rings. The lowest BCUT2D eigenvalue weighted by molar-refractivity contribution is -0.114. The Hall–Kier alpha value is -2.78. The molecule has 1 amide bonds. The molecule has 0 atom stereocenters. The van der Waals surface area contributed by atoms with Crippen molar-refractivity contribution in [3.63, 3.8) is 0 Å². The monoisotopic (exact) mass is 518 g/mol. The summed E-state index contributed by atoms with van der Waals surface area (Å²) in [5.74, 6) is -0.702. The van der Waals surface area contributed by atoms with Gasteiger partial charge in [0.1, 0.15) is 9.79 Å². The largest absolute Gasteiger partial charge is 0.326 e. The molecule has 0 aliphatic carbocycles. The average Bonchev–Trinajstić information content (AvgIpc) is 2.70. The van der Waals surface area contributed by atoms with Crippen LogP contribution in [0.3, 0.4) is 0 Å². The summed E-state index contributed by atoms with van der Waals surface area (Å²) < 4.78 is 91.6. The Bertz CT molecular complexity index is 1430. The number of rotatable bonds is 8. The van der Waals surface area contributed by atoms with Gasteiger partial charge in [-0.2, -0.15) is 16.8 Å². The summed E-state index contributed by atoms with van der Waals surface area (Å²) in [6.07, 6.45) is 2.35. The molecule has 0 bridgehead atoms. The molecule has 0 fully saturated rings. The Balaban J connectivity index is 2.61. The van der Waals surface area contributed by atoms with E-state index in [1.54, 1.807) is 0 Å². The van der Waals surface area contributed by atoms with Gasteiger partial charge in [0.25, 0.3) is 20.2 Å². The zero-order valence-electron chi connectivity index (χ0n) is 17.8. The molecule has 33 heavy (non-hydrogen) atoms. The lowest BCUT2D eigenvalue weighted by Gasteiger charge is -2.19. The van der Waals surface area contributed by atoms with Crippen molar-refractivity contribution in [2.45, 2.75) is 23.6 Å². The number of hydrogen-bond donors (Lipinski definition) is 3. The maximum Gasteiger partial charge on any atom is 0.295 e. The molecule has 0 saturated heterocycles. The summed E-state index contributed by atoms with van der Waals surface area (Å²) in [6.45, 7) is 2.63. The van der Waals surface area contributed by atoms with Crippen LogP contribution in [0.25, 0.3) is 12.2 Å². The molecule has 2 rings (SSSR count). The highest BCUT2D eigenvalue weighted by atomic mass is 32.2. The Kier molecular flexibility index (Phi) is 7.71. The summed E-state index contributed by atoms with van der Waals surface area (Å²) >= 11 is 0. The van der Waals surface area contributed by atoms with Crippen LogP contribution in [0.5, 0.6) is 0 Å². The first-order valence-electron chi connectivity index (χ1n) is 9.21. The standard InChI is InChI=1S/C19H22N2O9S3/c1-4-31(23,24)21(3)17-10-8-15(19(12-17)33(28,29)30)6-5-14-7-9-16(20-13(2)22)11-18(14)32(25,26)27/h5-12H,4H2,1-3H3,(H,20,22)(H,25,26,27)(H,28,29,30)/b6-5+. The molecule has 3 N–H and O–H groups in total. The number of carbonyl (C=O) groups excluding carboxylic acids is 1. The molecule has 14 heteroatoms. The smallest absolute Gasteiger partial charge is 0.295 e. The van der Waals surface area contributed by atoms with Gasteiger partial charge in [-0.05, 0) is 42.3 Å². The van der Waals surface area contributed by atoms with E-state index in [1.165, 1.54) is 57.3 Å². The van der Waals surface area contributed by atoms with E-state index in [0.29, 0.717) is 0 Å². The van der Waals surface area contributed by atoms with E-state index in [0.717, 1.165) is 16.4 Å². The SMILES string of the molecule is CCS(=O)(=O)N(C)c1ccc(/C=C/c2ccc(NC(C)=O)cc2S(=O)(=O)O)c(S(=O)(=O)O)c1. The number of nitrogens with zero attached hydrogens (tertiary/aromatic N) is 1. The Morgan fingerprint density at radius 3 is 1.85 bits per heavy atom. The quantitative estimate of drug-likeness (QED) is 0.349. The number of nitrogens with one attached hydrogen (secondary N) is 1. The van der Waals surface area contributed by atoms with E-state index >= 15 is 0 Å². The summed E-state index contributed by atoms with van der Waals surface area (Å²) in [5, 5.41) is 2.38. The second-order valence-corrected chi connectivity index (χ2v) is 11.9. The van der Waals surface area contributed by atoms with Gasteiger partial charge in [0.05, 0.1) is 11.4 Å². The van der Waals surface area contributed by atoms with Gasteiger partial charge in [-0.1, -0.05) is 24.3 Å². The fourth-order valence-corrected chi connectivity index (χ4v) is 5.03. The lowest BCUT2D eigenvalue weighted by atomic mass is 10.1. The third-order valence-electron chi connectivity index (χ3n) is 4.48. The molecule has 11 nitrogen and oxygen atoms in total. The molecule has 0 saturated carbocycles. The van der Waals surface area contributed by atoms with Gasteiger partial charge in [-0.25, -0.2) is 8.42 Å². The molecular weight excluding hydrogens is 496 g/mol. The van der Waals surface area contributed by atoms with Crippen molar-refractivity contribution >= 4 is 59.7 Å². The normalized spacial score (nSPS) is 12.6. The van der Waals surface area contributed by atoms with Gasteiger partial charge in [0.15, 0.2) is 0 Å². The van der Waals surface area contributed by atoms with Gasteiger partial charge < -0.3 is 5.32 Å². The Labute approximate surface area is 192 Å². The Morgan fingerprint density at radius 2 is 1.39 bits per heavy atom. The topological polar surface area (TPSA) is 175 Å². The molecule has 0 aliphatic heterocycles. The van der Waals surface area contributed by atoms with E-state index in [9.17, 15) is 39.2 Å². The molecule has 0 unspecified atom stereocenters. The van der Waals surface area contributed by atoms with Crippen LogP contribution in [0.1, 0.15) is 25.0 Å². The van der Waals surface area contributed by atoms with Crippen LogP contribution in [0.15, 0.2) is 46.2 Å². The van der Waals surface area contributed by atoms with Crippen molar-refractivity contribution in [3.8, 4) is 0 Å². The third-order valence-corrected chi connectivity index (χ3v) is 8.07. The second kappa shape index (κ2) is 9.61. The molecular formula is C19H22N2O9S3. The zero-order chi connectivity index (χ0) is 25.2. The fourth-order valence-electron chi connectivity index (χ4n) is 2.79. The van der Waals surface area contributed by atoms with E-state index < -0.39 is 46.0 Å². The average molecular weight is 519 g/mol. The van der Waals surface area contributed by atoms with E-state index in [1.807, 2.05) is 0 Å². The van der Waals surface area contributed by atoms with Crippen LogP contribution in [0, 0.1) is 0 Å². The van der Waals surface area contributed by atoms with Crippen molar-refractivity contribution in [2.75, 3.05) is 22.4 Å². The maximum atomic E-state index is 12.1. The number of anilines is 2. The molecule has 0 radical (unpaired) electrons. The van der Waals surface area contributed by atoms with Crippen molar-refractivity contribution in [3.05, 3.63) is 47.5 Å². The van der Waals surface area contributed by atoms with Crippen LogP contribution in [-0.2, 0) is 35.1 Å². The fraction of sp³-hybridized carbons (Fsp3) is 0.211. The van der Waals surface area contributed by atoms with Crippen molar-refractivity contribution in [1.29, 1.82) is 0 Å². The number of carbonyl (C=O) groups is 1. The van der Waals surface area contributed by atoms with Gasteiger partial charge in [-0.15, -0.1) is 0 Å². The van der Waals surface area contributed by atoms with E-state index in [2.05, 4.69) is 5.32 Å². The van der Waals surface area contributed by atoms with Gasteiger partial charge in [0.2, 0.25) is 15.9 Å². The Morgan fingerprint density at radius 1 is 0.909 bits per heavy atom. The highest BCUT2D eigenvalue weighted by molar-refractivity contribution is 7.92. The first kappa shape index (κ1) is 26.5. The van der Waals surface area contributed by atoms with Crippen LogP contribution in [0.4, 0.5) is 11.4 Å². The number of benzene rings is 2. The first-order chi connectivity index (χ1) is 15.1. The second-order valence-electron chi connectivity index (χ2n) is 6.81. The van der Waals surface area contributed by atoms with Gasteiger partial charge in [-0.3, -0.25) is 18.2 Å². The molecule has 0 spiro atoms. The highest BCUT2D eigenvalue weighted by Crippen LogP contribution is 2.28. The summed E-state index contributed by atoms with van der Waals surface area (Å²) in [4.78, 5) is 10.0. The predicted molar refractivity (Wildman–Crippen MR) is 124 cm³/mol. The number of sulfonamides is 1. The summed E-state index contributed by atoms with van der Waals surface area (Å²) in [6, 6.07) is 7.17. The lowest BCUT2D eigenvalue weighted by Crippen LogP contribution is -2.28. The van der Waals surface area contributed by atoms with Crippen molar-refractivity contribution < 1.29 is 39.2 Å². The summed E-state index contributed by atoms with van der Waals surface area (Å²) in [5.41, 5.74) is -0.0197. The molecule has 180 valence electrons. The van der Waals surface area contributed by atoms with E-state index in [4.69, 9.17) is 0 Å². The van der Waals surface area contributed by atoms with Gasteiger partial charge >= 0.3 is 0 Å². The van der Waals surface area contributed by atoms with Crippen LogP contribution in [0.2, 0.25) is 0 Å². The number of amides is 1. The van der Waals surface area contributed by atoms with Crippen molar-refractivity contribution in [2.24, 2.45) is 0 Å². The van der Waals surface area contributed by atoms with Crippen LogP contribution >= 0.6 is 0 Å². The van der Waals surface area contributed by atoms with Crippen LogP contribution < -0.4 is 9.62 Å². The predicted octanol–water partition coefficient (Wildman–Crippen LogP) is 2.09. The molecule has 2 aromatic rings. The van der Waals surface area contributed by atoms with Gasteiger partial charge in [0, 0.05) is 19.7 Å². The third kappa shape index (κ3) is 6.61. The minimum Gasteiger partial charge on any atom is -0.326 e. The molecule has 0 aromatic heterocycles. The van der Waals surface area contributed by atoms with E-state index in [-0.39, 0.29) is 28.3 Å². The molecule has 2 aromatic carbocycles. The minimum absolute atomic E-state index is 0.0140.